The van der Waals surface area contributed by atoms with Crippen LogP contribution in [0.3, 0.4) is 0 Å². The minimum Gasteiger partial charge on any atom is -0.478 e. The van der Waals surface area contributed by atoms with E-state index in [1.165, 1.54) is 17.1 Å². The molecule has 1 heterocycles. The summed E-state index contributed by atoms with van der Waals surface area (Å²) in [6, 6.07) is 6.62. The fraction of sp³-hybridized carbons (Fsp3) is 0.0909. The highest BCUT2D eigenvalue weighted by Crippen LogP contribution is 2.14. The zero-order valence-corrected chi connectivity index (χ0v) is 8.95. The lowest BCUT2D eigenvalue weighted by Crippen LogP contribution is -2.02. The van der Waals surface area contributed by atoms with Gasteiger partial charge in [-0.1, -0.05) is 0 Å². The lowest BCUT2D eigenvalue weighted by atomic mass is 10.1. The van der Waals surface area contributed by atoms with Crippen LogP contribution in [0, 0.1) is 18.3 Å². The third kappa shape index (κ3) is 1.99. The first-order valence-electron chi connectivity index (χ1n) is 4.78. The Hall–Kier alpha value is -2.68. The second kappa shape index (κ2) is 4.06. The standard InChI is InChI=1S/C11H8N4O2/c1-7-4-8(2-3-9(7)11(16)17)15-6-13-10(5-12)14-15/h2-4,6H,1H3,(H,16,17). The zero-order chi connectivity index (χ0) is 12.4. The van der Waals surface area contributed by atoms with Crippen LogP contribution in [0.25, 0.3) is 5.69 Å². The number of hydrogen-bond acceptors (Lipinski definition) is 4. The van der Waals surface area contributed by atoms with E-state index in [2.05, 4.69) is 10.1 Å². The molecule has 0 atom stereocenters. The van der Waals surface area contributed by atoms with E-state index < -0.39 is 5.97 Å². The normalized spacial score (nSPS) is 9.88. The van der Waals surface area contributed by atoms with Gasteiger partial charge in [-0.05, 0) is 30.7 Å². The molecule has 0 radical (unpaired) electrons. The van der Waals surface area contributed by atoms with Crippen LogP contribution in [0.1, 0.15) is 21.7 Å². The number of nitrogens with zero attached hydrogens (tertiary/aromatic N) is 4. The summed E-state index contributed by atoms with van der Waals surface area (Å²) < 4.78 is 1.43. The van der Waals surface area contributed by atoms with Gasteiger partial charge in [0, 0.05) is 0 Å². The number of aryl methyl sites for hydroxylation is 1. The first-order valence-corrected chi connectivity index (χ1v) is 4.78. The molecule has 1 aromatic carbocycles. The van der Waals surface area contributed by atoms with Gasteiger partial charge in [-0.2, -0.15) is 5.26 Å². The highest BCUT2D eigenvalue weighted by atomic mass is 16.4. The molecule has 0 aliphatic heterocycles. The maximum Gasteiger partial charge on any atom is 0.335 e. The molecule has 0 unspecified atom stereocenters. The number of carboxylic acid groups (broad SMARTS) is 1. The summed E-state index contributed by atoms with van der Waals surface area (Å²) >= 11 is 0. The van der Waals surface area contributed by atoms with Crippen LogP contribution in [0.5, 0.6) is 0 Å². The predicted molar refractivity (Wildman–Crippen MR) is 57.8 cm³/mol. The number of carboxylic acids is 1. The van der Waals surface area contributed by atoms with E-state index in [0.29, 0.717) is 11.3 Å². The predicted octanol–water partition coefficient (Wildman–Crippen LogP) is 1.15. The van der Waals surface area contributed by atoms with Gasteiger partial charge in [0.2, 0.25) is 0 Å². The highest BCUT2D eigenvalue weighted by Gasteiger charge is 2.08. The van der Waals surface area contributed by atoms with E-state index >= 15 is 0 Å². The van der Waals surface area contributed by atoms with Crippen molar-refractivity contribution in [3.8, 4) is 11.8 Å². The number of hydrogen-bond donors (Lipinski definition) is 1. The molecule has 0 saturated carbocycles. The van der Waals surface area contributed by atoms with Crippen molar-refractivity contribution in [2.75, 3.05) is 0 Å². The highest BCUT2D eigenvalue weighted by molar-refractivity contribution is 5.89. The summed E-state index contributed by atoms with van der Waals surface area (Å²) in [4.78, 5) is 14.6. The Morgan fingerprint density at radius 1 is 1.53 bits per heavy atom. The van der Waals surface area contributed by atoms with Gasteiger partial charge in [0.25, 0.3) is 5.82 Å². The molecule has 0 amide bonds. The zero-order valence-electron chi connectivity index (χ0n) is 8.95. The topological polar surface area (TPSA) is 91.8 Å². The molecule has 17 heavy (non-hydrogen) atoms. The number of nitriles is 1. The first kappa shape index (κ1) is 10.8. The lowest BCUT2D eigenvalue weighted by molar-refractivity contribution is 0.0696. The van der Waals surface area contributed by atoms with Crippen LogP contribution < -0.4 is 0 Å². The molecule has 0 fully saturated rings. The average Bonchev–Trinajstić information content (AvgIpc) is 2.76. The van der Waals surface area contributed by atoms with Crippen molar-refractivity contribution >= 4 is 5.97 Å². The lowest BCUT2D eigenvalue weighted by Gasteiger charge is -2.04. The molecule has 0 spiro atoms. The molecule has 0 aliphatic carbocycles. The molecule has 0 aliphatic rings. The van der Waals surface area contributed by atoms with E-state index in [0.717, 1.165) is 0 Å². The quantitative estimate of drug-likeness (QED) is 0.832. The third-order valence-corrected chi connectivity index (χ3v) is 2.30. The Morgan fingerprint density at radius 2 is 2.29 bits per heavy atom. The van der Waals surface area contributed by atoms with Crippen molar-refractivity contribution in [3.63, 3.8) is 0 Å². The molecule has 84 valence electrons. The number of aromatic carboxylic acids is 1. The molecule has 1 N–H and O–H groups in total. The first-order chi connectivity index (χ1) is 8.11. The molecule has 0 bridgehead atoms. The van der Waals surface area contributed by atoms with Crippen molar-refractivity contribution in [1.29, 1.82) is 5.26 Å². The van der Waals surface area contributed by atoms with Crippen molar-refractivity contribution < 1.29 is 9.90 Å². The Balaban J connectivity index is 2.45. The van der Waals surface area contributed by atoms with Crippen LogP contribution in [-0.4, -0.2) is 25.8 Å². The van der Waals surface area contributed by atoms with Crippen LogP contribution in [0.4, 0.5) is 0 Å². The third-order valence-electron chi connectivity index (χ3n) is 2.30. The van der Waals surface area contributed by atoms with Crippen LogP contribution in [0.2, 0.25) is 0 Å². The Morgan fingerprint density at radius 3 is 2.82 bits per heavy atom. The maximum atomic E-state index is 10.8. The van der Waals surface area contributed by atoms with Gasteiger partial charge >= 0.3 is 5.97 Å². The molecular formula is C11H8N4O2. The summed E-state index contributed by atoms with van der Waals surface area (Å²) in [5.41, 5.74) is 1.54. The minimum absolute atomic E-state index is 0.0740. The molecule has 6 nitrogen and oxygen atoms in total. The van der Waals surface area contributed by atoms with E-state index in [-0.39, 0.29) is 11.4 Å². The number of benzene rings is 1. The average molecular weight is 228 g/mol. The monoisotopic (exact) mass is 228 g/mol. The fourth-order valence-corrected chi connectivity index (χ4v) is 1.47. The maximum absolute atomic E-state index is 10.8. The summed E-state index contributed by atoms with van der Waals surface area (Å²) in [7, 11) is 0. The Kier molecular flexibility index (Phi) is 2.58. The van der Waals surface area contributed by atoms with Gasteiger partial charge in [0.1, 0.15) is 12.4 Å². The Bertz CT molecular complexity index is 625. The molecule has 6 heteroatoms. The molecule has 2 aromatic rings. The SMILES string of the molecule is Cc1cc(-n2cnc(C#N)n2)ccc1C(=O)O. The Labute approximate surface area is 96.8 Å². The van der Waals surface area contributed by atoms with Gasteiger partial charge in [0.15, 0.2) is 0 Å². The van der Waals surface area contributed by atoms with E-state index in [4.69, 9.17) is 10.4 Å². The minimum atomic E-state index is -0.967. The van der Waals surface area contributed by atoms with E-state index in [1.54, 1.807) is 19.1 Å². The smallest absolute Gasteiger partial charge is 0.335 e. The summed E-state index contributed by atoms with van der Waals surface area (Å²) in [5.74, 6) is -0.893. The van der Waals surface area contributed by atoms with Gasteiger partial charge in [-0.15, -0.1) is 5.10 Å². The van der Waals surface area contributed by atoms with Crippen molar-refractivity contribution in [1.82, 2.24) is 14.8 Å². The summed E-state index contributed by atoms with van der Waals surface area (Å²) in [5, 5.41) is 21.4. The van der Waals surface area contributed by atoms with Crippen molar-refractivity contribution in [2.45, 2.75) is 6.92 Å². The second-order valence-electron chi connectivity index (χ2n) is 3.43. The van der Waals surface area contributed by atoms with E-state index in [1.807, 2.05) is 6.07 Å². The molecular weight excluding hydrogens is 220 g/mol. The molecule has 2 rings (SSSR count). The number of carbonyl (C=O) groups is 1. The van der Waals surface area contributed by atoms with Crippen molar-refractivity contribution in [3.05, 3.63) is 41.5 Å². The second-order valence-corrected chi connectivity index (χ2v) is 3.43. The van der Waals surface area contributed by atoms with Crippen LogP contribution >= 0.6 is 0 Å². The van der Waals surface area contributed by atoms with Crippen LogP contribution in [0.15, 0.2) is 24.5 Å². The van der Waals surface area contributed by atoms with Gasteiger partial charge in [-0.3, -0.25) is 0 Å². The molecule has 0 saturated heterocycles. The van der Waals surface area contributed by atoms with E-state index in [9.17, 15) is 4.79 Å². The fourth-order valence-electron chi connectivity index (χ4n) is 1.47. The number of rotatable bonds is 2. The van der Waals surface area contributed by atoms with Gasteiger partial charge in [-0.25, -0.2) is 14.5 Å². The summed E-state index contributed by atoms with van der Waals surface area (Å²) in [6.45, 7) is 1.70. The largest absolute Gasteiger partial charge is 0.478 e. The van der Waals surface area contributed by atoms with Crippen molar-refractivity contribution in [2.24, 2.45) is 0 Å². The molecule has 1 aromatic heterocycles. The summed E-state index contributed by atoms with van der Waals surface area (Å²) in [6.07, 6.45) is 1.41. The van der Waals surface area contributed by atoms with Gasteiger partial charge < -0.3 is 5.11 Å². The number of aromatic nitrogens is 3. The van der Waals surface area contributed by atoms with Crippen LogP contribution in [-0.2, 0) is 0 Å². The van der Waals surface area contributed by atoms with Gasteiger partial charge in [0.05, 0.1) is 11.3 Å².